The average Bonchev–Trinajstić information content (AvgIpc) is 2.45. The Balaban J connectivity index is 3.11. The molecule has 0 saturated carbocycles. The van der Waals surface area contributed by atoms with Gasteiger partial charge >= 0.3 is 11.9 Å². The molecule has 0 fully saturated rings. The lowest BCUT2D eigenvalue weighted by Gasteiger charge is -2.17. The van der Waals surface area contributed by atoms with Gasteiger partial charge in [-0.25, -0.2) is 9.59 Å². The molecule has 0 radical (unpaired) electrons. The molecule has 6 heteroatoms. The Morgan fingerprint density at radius 2 is 1.38 bits per heavy atom. The van der Waals surface area contributed by atoms with Crippen LogP contribution in [0.2, 0.25) is 0 Å². The number of esters is 2. The molecule has 6 nitrogen and oxygen atoms in total. The molecule has 0 aliphatic rings. The van der Waals surface area contributed by atoms with Crippen molar-refractivity contribution < 1.29 is 23.9 Å². The number of rotatable bonds is 6. The van der Waals surface area contributed by atoms with E-state index in [1.54, 1.807) is 13.8 Å². The number of amides is 1. The standard InChI is InChI=1S/C18H25NO5/c1-6-23-16(21)12-8-13(17(22)24-7-2)10-14(9-12)19-15(20)11-18(3,4)5/h8-10H,6-7,11H2,1-5H3,(H,19,20). The van der Waals surface area contributed by atoms with Gasteiger partial charge in [0.2, 0.25) is 5.91 Å². The number of benzene rings is 1. The zero-order valence-corrected chi connectivity index (χ0v) is 14.9. The lowest BCUT2D eigenvalue weighted by molar-refractivity contribution is -0.117. The minimum atomic E-state index is -0.560. The minimum absolute atomic E-state index is 0.174. The zero-order valence-electron chi connectivity index (χ0n) is 14.9. The van der Waals surface area contributed by atoms with E-state index in [-0.39, 0.29) is 35.7 Å². The Bertz CT molecular complexity index is 580. The summed E-state index contributed by atoms with van der Waals surface area (Å²) in [7, 11) is 0. The van der Waals surface area contributed by atoms with Gasteiger partial charge in [-0.1, -0.05) is 20.8 Å². The van der Waals surface area contributed by atoms with Crippen molar-refractivity contribution in [2.45, 2.75) is 41.0 Å². The van der Waals surface area contributed by atoms with Gasteiger partial charge in [-0.2, -0.15) is 0 Å². The van der Waals surface area contributed by atoms with Gasteiger partial charge in [0.25, 0.3) is 0 Å². The van der Waals surface area contributed by atoms with Crippen LogP contribution in [0.5, 0.6) is 0 Å². The van der Waals surface area contributed by atoms with Crippen LogP contribution in [0.1, 0.15) is 61.8 Å². The van der Waals surface area contributed by atoms with Crippen molar-refractivity contribution in [3.8, 4) is 0 Å². The van der Waals surface area contributed by atoms with E-state index in [2.05, 4.69) is 5.32 Å². The third-order valence-corrected chi connectivity index (χ3v) is 2.93. The van der Waals surface area contributed by atoms with Crippen LogP contribution in [0.3, 0.4) is 0 Å². The highest BCUT2D eigenvalue weighted by Crippen LogP contribution is 2.21. The van der Waals surface area contributed by atoms with Crippen LogP contribution >= 0.6 is 0 Å². The summed E-state index contributed by atoms with van der Waals surface area (Å²) >= 11 is 0. The lowest BCUT2D eigenvalue weighted by Crippen LogP contribution is -2.20. The Hall–Kier alpha value is -2.37. The summed E-state index contributed by atoms with van der Waals surface area (Å²) in [6.45, 7) is 9.67. The number of hydrogen-bond donors (Lipinski definition) is 1. The Kier molecular flexibility index (Phi) is 6.95. The molecule has 0 spiro atoms. The number of hydrogen-bond acceptors (Lipinski definition) is 5. The molecule has 0 atom stereocenters. The zero-order chi connectivity index (χ0) is 18.3. The molecule has 24 heavy (non-hydrogen) atoms. The minimum Gasteiger partial charge on any atom is -0.462 e. The Morgan fingerprint density at radius 3 is 1.75 bits per heavy atom. The first kappa shape index (κ1) is 19.7. The van der Waals surface area contributed by atoms with Gasteiger partial charge in [0, 0.05) is 12.1 Å². The summed E-state index contributed by atoms with van der Waals surface area (Å²) in [4.78, 5) is 36.0. The maximum absolute atomic E-state index is 12.1. The maximum atomic E-state index is 12.1. The molecule has 0 saturated heterocycles. The van der Waals surface area contributed by atoms with Gasteiger partial charge in [-0.15, -0.1) is 0 Å². The summed E-state index contributed by atoms with van der Waals surface area (Å²) in [5, 5.41) is 2.72. The van der Waals surface area contributed by atoms with Gasteiger partial charge in [0.15, 0.2) is 0 Å². The van der Waals surface area contributed by atoms with Crippen molar-refractivity contribution in [3.63, 3.8) is 0 Å². The molecule has 1 aromatic rings. The molecule has 0 bridgehead atoms. The number of anilines is 1. The Morgan fingerprint density at radius 1 is 0.917 bits per heavy atom. The number of carbonyl (C=O) groups is 3. The molecule has 1 N–H and O–H groups in total. The fourth-order valence-electron chi connectivity index (χ4n) is 2.05. The summed E-state index contributed by atoms with van der Waals surface area (Å²) in [6, 6.07) is 4.37. The van der Waals surface area contributed by atoms with E-state index in [0.717, 1.165) is 0 Å². The molecular weight excluding hydrogens is 310 g/mol. The van der Waals surface area contributed by atoms with Crippen molar-refractivity contribution in [1.82, 2.24) is 0 Å². The average molecular weight is 335 g/mol. The molecule has 0 aliphatic heterocycles. The predicted molar refractivity (Wildman–Crippen MR) is 91.1 cm³/mol. The van der Waals surface area contributed by atoms with Gasteiger partial charge < -0.3 is 14.8 Å². The van der Waals surface area contributed by atoms with E-state index in [1.165, 1.54) is 18.2 Å². The summed E-state index contributed by atoms with van der Waals surface area (Å²) in [6.07, 6.45) is 0.311. The van der Waals surface area contributed by atoms with E-state index in [1.807, 2.05) is 20.8 Å². The highest BCUT2D eigenvalue weighted by atomic mass is 16.5. The van der Waals surface area contributed by atoms with Crippen molar-refractivity contribution >= 4 is 23.5 Å². The quantitative estimate of drug-likeness (QED) is 0.806. The first-order valence-electron chi connectivity index (χ1n) is 7.95. The van der Waals surface area contributed by atoms with Crippen LogP contribution < -0.4 is 5.32 Å². The molecule has 0 heterocycles. The van der Waals surface area contributed by atoms with E-state index >= 15 is 0 Å². The monoisotopic (exact) mass is 335 g/mol. The van der Waals surface area contributed by atoms with E-state index in [4.69, 9.17) is 9.47 Å². The molecule has 0 aromatic heterocycles. The predicted octanol–water partition coefficient (Wildman–Crippen LogP) is 3.41. The summed E-state index contributed by atoms with van der Waals surface area (Å²) in [5.41, 5.74) is 0.562. The molecular formula is C18H25NO5. The first-order chi connectivity index (χ1) is 11.2. The third-order valence-electron chi connectivity index (χ3n) is 2.93. The number of carbonyl (C=O) groups excluding carboxylic acids is 3. The first-order valence-corrected chi connectivity index (χ1v) is 7.95. The van der Waals surface area contributed by atoms with Crippen molar-refractivity contribution in [3.05, 3.63) is 29.3 Å². The van der Waals surface area contributed by atoms with Crippen molar-refractivity contribution in [2.75, 3.05) is 18.5 Å². The largest absolute Gasteiger partial charge is 0.462 e. The van der Waals surface area contributed by atoms with Gasteiger partial charge in [0.05, 0.1) is 24.3 Å². The molecule has 1 rings (SSSR count). The third kappa shape index (κ3) is 6.40. The fourth-order valence-corrected chi connectivity index (χ4v) is 2.05. The van der Waals surface area contributed by atoms with Crippen molar-refractivity contribution in [1.29, 1.82) is 0 Å². The van der Waals surface area contributed by atoms with E-state index < -0.39 is 11.9 Å². The van der Waals surface area contributed by atoms with Crippen LogP contribution in [0.15, 0.2) is 18.2 Å². The second-order valence-electron chi connectivity index (χ2n) is 6.53. The van der Waals surface area contributed by atoms with Crippen molar-refractivity contribution in [2.24, 2.45) is 5.41 Å². The maximum Gasteiger partial charge on any atom is 0.338 e. The number of ether oxygens (including phenoxy) is 2. The van der Waals surface area contributed by atoms with Crippen LogP contribution in [0.4, 0.5) is 5.69 Å². The molecule has 0 aliphatic carbocycles. The second-order valence-corrected chi connectivity index (χ2v) is 6.53. The Labute approximate surface area is 142 Å². The summed E-state index contributed by atoms with van der Waals surface area (Å²) < 4.78 is 9.92. The van der Waals surface area contributed by atoms with E-state index in [9.17, 15) is 14.4 Å². The van der Waals surface area contributed by atoms with Crippen LogP contribution in [0, 0.1) is 5.41 Å². The van der Waals surface area contributed by atoms with Crippen LogP contribution in [0.25, 0.3) is 0 Å². The van der Waals surface area contributed by atoms with Crippen LogP contribution in [-0.2, 0) is 14.3 Å². The molecule has 132 valence electrons. The molecule has 1 amide bonds. The lowest BCUT2D eigenvalue weighted by atomic mass is 9.92. The highest BCUT2D eigenvalue weighted by molar-refractivity contribution is 5.99. The highest BCUT2D eigenvalue weighted by Gasteiger charge is 2.18. The number of nitrogens with one attached hydrogen (secondary N) is 1. The van der Waals surface area contributed by atoms with Gasteiger partial charge in [0.1, 0.15) is 0 Å². The van der Waals surface area contributed by atoms with Crippen LogP contribution in [-0.4, -0.2) is 31.1 Å². The topological polar surface area (TPSA) is 81.7 Å². The van der Waals surface area contributed by atoms with Gasteiger partial charge in [-0.3, -0.25) is 4.79 Å². The second kappa shape index (κ2) is 8.47. The molecule has 0 unspecified atom stereocenters. The normalized spacial score (nSPS) is 10.9. The van der Waals surface area contributed by atoms with Gasteiger partial charge in [-0.05, 0) is 37.5 Å². The fraction of sp³-hybridized carbons (Fsp3) is 0.500. The summed E-state index contributed by atoms with van der Waals surface area (Å²) in [5.74, 6) is -1.32. The smallest absolute Gasteiger partial charge is 0.338 e. The van der Waals surface area contributed by atoms with E-state index in [0.29, 0.717) is 12.1 Å². The molecule has 1 aromatic carbocycles. The SMILES string of the molecule is CCOC(=O)c1cc(NC(=O)CC(C)(C)C)cc(C(=O)OCC)c1.